The van der Waals surface area contributed by atoms with E-state index in [0.29, 0.717) is 50.2 Å². The van der Waals surface area contributed by atoms with Crippen molar-refractivity contribution in [2.45, 2.75) is 25.5 Å². The van der Waals surface area contributed by atoms with Crippen LogP contribution in [0.1, 0.15) is 18.4 Å². The number of anilines is 3. The van der Waals surface area contributed by atoms with E-state index in [1.54, 1.807) is 42.5 Å². The molecule has 2 heterocycles. The first-order valence-electron chi connectivity index (χ1n) is 12.5. The smallest absolute Gasteiger partial charge is 0.248 e. The minimum atomic E-state index is -0.322. The normalized spacial score (nSPS) is 15.0. The molecular weight excluding hydrogens is 521 g/mol. The summed E-state index contributed by atoms with van der Waals surface area (Å²) < 4.78 is 24.7. The molecule has 0 saturated carbocycles. The number of halogens is 2. The summed E-state index contributed by atoms with van der Waals surface area (Å²) in [7, 11) is 1.54. The summed E-state index contributed by atoms with van der Waals surface area (Å²) in [4.78, 5) is 21.4. The zero-order chi connectivity index (χ0) is 27.2. The fraction of sp³-hybridized carbons (Fsp3) is 0.207. The Labute approximate surface area is 230 Å². The summed E-state index contributed by atoms with van der Waals surface area (Å²) in [6.07, 6.45) is 6.96. The molecule has 1 saturated heterocycles. The Kier molecular flexibility index (Phi) is 8.19. The molecule has 1 aromatic heterocycles. The Morgan fingerprint density at radius 1 is 1.18 bits per heavy atom. The van der Waals surface area contributed by atoms with Gasteiger partial charge in [0.15, 0.2) is 0 Å². The van der Waals surface area contributed by atoms with Crippen LogP contribution in [0.15, 0.2) is 73.1 Å². The Morgan fingerprint density at radius 3 is 2.85 bits per heavy atom. The number of nitrogens with zero attached hydrogens (tertiary/aromatic N) is 2. The lowest BCUT2D eigenvalue weighted by atomic mass is 10.1. The van der Waals surface area contributed by atoms with Crippen molar-refractivity contribution in [3.63, 3.8) is 0 Å². The van der Waals surface area contributed by atoms with Gasteiger partial charge in [0.05, 0.1) is 23.3 Å². The Bertz CT molecular complexity index is 1520. The molecule has 10 heteroatoms. The van der Waals surface area contributed by atoms with Gasteiger partial charge in [0.2, 0.25) is 5.91 Å². The summed E-state index contributed by atoms with van der Waals surface area (Å²) in [5.74, 6) is 0.893. The lowest BCUT2D eigenvalue weighted by molar-refractivity contribution is -0.111. The minimum absolute atomic E-state index is 0.184. The lowest BCUT2D eigenvalue weighted by Crippen LogP contribution is -2.19. The number of rotatable bonds is 9. The molecule has 1 unspecified atom stereocenters. The first kappa shape index (κ1) is 26.4. The third kappa shape index (κ3) is 6.63. The fourth-order valence-corrected chi connectivity index (χ4v) is 4.56. The van der Waals surface area contributed by atoms with Gasteiger partial charge in [0, 0.05) is 29.3 Å². The fourth-order valence-electron chi connectivity index (χ4n) is 4.32. The maximum absolute atomic E-state index is 13.4. The number of carbonyl (C=O) groups excluding carboxylic acids is 1. The number of amides is 1. The molecule has 3 aromatic carbocycles. The van der Waals surface area contributed by atoms with Crippen LogP contribution in [0.25, 0.3) is 10.9 Å². The molecule has 1 fully saturated rings. The van der Waals surface area contributed by atoms with Crippen molar-refractivity contribution in [2.75, 3.05) is 24.3 Å². The van der Waals surface area contributed by atoms with Crippen LogP contribution < -0.4 is 25.4 Å². The molecule has 0 aliphatic carbocycles. The molecule has 4 aromatic rings. The number of fused-ring (bicyclic) bond motifs is 1. The van der Waals surface area contributed by atoms with Crippen molar-refractivity contribution >= 4 is 45.6 Å². The summed E-state index contributed by atoms with van der Waals surface area (Å²) in [6, 6.07) is 15.2. The molecule has 5 rings (SSSR count). The second kappa shape index (κ2) is 12.1. The van der Waals surface area contributed by atoms with Crippen molar-refractivity contribution in [1.82, 2.24) is 15.3 Å². The topological polar surface area (TPSA) is 97.4 Å². The van der Waals surface area contributed by atoms with Gasteiger partial charge in [-0.1, -0.05) is 29.8 Å². The number of hydrogen-bond acceptors (Lipinski definition) is 7. The SMILES string of the molecule is COc1cc2ncnc(Nc3ccc(OCc4cccc(F)c4)c(Cl)c3)c2cc1NC(=O)/C=C/C1CCCN1. The molecule has 200 valence electrons. The van der Waals surface area contributed by atoms with E-state index in [9.17, 15) is 9.18 Å². The van der Waals surface area contributed by atoms with Crippen molar-refractivity contribution in [3.05, 3.63) is 89.5 Å². The summed E-state index contributed by atoms with van der Waals surface area (Å²) in [6.45, 7) is 1.14. The van der Waals surface area contributed by atoms with E-state index in [1.807, 2.05) is 6.08 Å². The molecule has 1 aliphatic heterocycles. The largest absolute Gasteiger partial charge is 0.494 e. The van der Waals surface area contributed by atoms with Crippen LogP contribution >= 0.6 is 11.6 Å². The molecule has 0 bridgehead atoms. The van der Waals surface area contributed by atoms with Crippen LogP contribution in [0, 0.1) is 5.82 Å². The van der Waals surface area contributed by atoms with E-state index in [4.69, 9.17) is 21.1 Å². The van der Waals surface area contributed by atoms with Crippen molar-refractivity contribution in [2.24, 2.45) is 0 Å². The van der Waals surface area contributed by atoms with Crippen LogP contribution in [0.4, 0.5) is 21.6 Å². The van der Waals surface area contributed by atoms with Gasteiger partial charge in [-0.25, -0.2) is 14.4 Å². The Hall–Kier alpha value is -4.21. The second-order valence-electron chi connectivity index (χ2n) is 9.03. The highest BCUT2D eigenvalue weighted by Gasteiger charge is 2.14. The standard InChI is InChI=1S/C29H27ClFN5O3/c1-38-27-15-24-22(14-25(27)36-28(37)10-8-20-6-3-11-32-20)29(34-17-33-24)35-21-7-9-26(23(30)13-21)39-16-18-4-2-5-19(31)12-18/h2,4-5,7-10,12-15,17,20,32H,3,6,11,16H2,1H3,(H,36,37)(H,33,34,35)/b10-8+. The Balaban J connectivity index is 1.33. The molecule has 1 amide bonds. The number of aromatic nitrogens is 2. The molecule has 3 N–H and O–H groups in total. The van der Waals surface area contributed by atoms with Crippen molar-refractivity contribution in [1.29, 1.82) is 0 Å². The highest BCUT2D eigenvalue weighted by molar-refractivity contribution is 6.32. The second-order valence-corrected chi connectivity index (χ2v) is 9.44. The van der Waals surface area contributed by atoms with E-state index in [0.717, 1.165) is 19.4 Å². The first-order chi connectivity index (χ1) is 19.0. The van der Waals surface area contributed by atoms with Gasteiger partial charge in [-0.3, -0.25) is 4.79 Å². The third-order valence-corrected chi connectivity index (χ3v) is 6.57. The number of hydrogen-bond donors (Lipinski definition) is 3. The van der Waals surface area contributed by atoms with Crippen LogP contribution in [-0.4, -0.2) is 35.6 Å². The Morgan fingerprint density at radius 2 is 2.08 bits per heavy atom. The number of methoxy groups -OCH3 is 1. The van der Waals surface area contributed by atoms with E-state index < -0.39 is 0 Å². The maximum Gasteiger partial charge on any atom is 0.248 e. The minimum Gasteiger partial charge on any atom is -0.494 e. The molecule has 0 radical (unpaired) electrons. The number of nitrogens with one attached hydrogen (secondary N) is 3. The first-order valence-corrected chi connectivity index (χ1v) is 12.9. The quantitative estimate of drug-likeness (QED) is 0.221. The van der Waals surface area contributed by atoms with Gasteiger partial charge in [-0.15, -0.1) is 0 Å². The zero-order valence-corrected chi connectivity index (χ0v) is 22.0. The lowest BCUT2D eigenvalue weighted by Gasteiger charge is -2.14. The molecular formula is C29H27ClFN5O3. The van der Waals surface area contributed by atoms with Crippen molar-refractivity contribution < 1.29 is 18.7 Å². The highest BCUT2D eigenvalue weighted by atomic mass is 35.5. The highest BCUT2D eigenvalue weighted by Crippen LogP contribution is 2.34. The van der Waals surface area contributed by atoms with E-state index in [2.05, 4.69) is 25.9 Å². The van der Waals surface area contributed by atoms with Crippen LogP contribution in [-0.2, 0) is 11.4 Å². The average Bonchev–Trinajstić information content (AvgIpc) is 3.45. The molecule has 1 atom stereocenters. The summed E-state index contributed by atoms with van der Waals surface area (Å²) >= 11 is 6.46. The van der Waals surface area contributed by atoms with Crippen LogP contribution in [0.2, 0.25) is 5.02 Å². The number of benzene rings is 3. The van der Waals surface area contributed by atoms with Crippen LogP contribution in [0.5, 0.6) is 11.5 Å². The molecule has 39 heavy (non-hydrogen) atoms. The van der Waals surface area contributed by atoms with Gasteiger partial charge in [0.25, 0.3) is 0 Å². The predicted molar refractivity (Wildman–Crippen MR) is 150 cm³/mol. The van der Waals surface area contributed by atoms with Gasteiger partial charge < -0.3 is 25.4 Å². The molecule has 8 nitrogen and oxygen atoms in total. The predicted octanol–water partition coefficient (Wildman–Crippen LogP) is 6.00. The molecule has 0 spiro atoms. The van der Waals surface area contributed by atoms with E-state index in [-0.39, 0.29) is 24.4 Å². The summed E-state index contributed by atoms with van der Waals surface area (Å²) in [5, 5.41) is 10.5. The van der Waals surface area contributed by atoms with Gasteiger partial charge in [0.1, 0.15) is 36.1 Å². The van der Waals surface area contributed by atoms with Gasteiger partial charge in [-0.2, -0.15) is 0 Å². The van der Waals surface area contributed by atoms with E-state index in [1.165, 1.54) is 31.6 Å². The maximum atomic E-state index is 13.4. The van der Waals surface area contributed by atoms with Crippen LogP contribution in [0.3, 0.4) is 0 Å². The van der Waals surface area contributed by atoms with E-state index >= 15 is 0 Å². The summed E-state index contributed by atoms with van der Waals surface area (Å²) in [5.41, 5.74) is 2.50. The number of ether oxygens (including phenoxy) is 2. The molecule has 1 aliphatic rings. The van der Waals surface area contributed by atoms with Gasteiger partial charge >= 0.3 is 0 Å². The third-order valence-electron chi connectivity index (χ3n) is 6.27. The average molecular weight is 548 g/mol. The number of carbonyl (C=O) groups is 1. The van der Waals surface area contributed by atoms with Crippen molar-refractivity contribution in [3.8, 4) is 11.5 Å². The monoisotopic (exact) mass is 547 g/mol. The zero-order valence-electron chi connectivity index (χ0n) is 21.2. The van der Waals surface area contributed by atoms with Gasteiger partial charge in [-0.05, 0) is 61.3 Å².